The molecule has 2 N–H and O–H groups in total. The number of nitrogens with one attached hydrogen (secondary N) is 2. The summed E-state index contributed by atoms with van der Waals surface area (Å²) in [6, 6.07) is 4.04. The van der Waals surface area contributed by atoms with Gasteiger partial charge in [0, 0.05) is 23.2 Å². The molecule has 1 aliphatic rings. The lowest BCUT2D eigenvalue weighted by molar-refractivity contribution is -0.140. The Morgan fingerprint density at radius 2 is 1.83 bits per heavy atom. The smallest absolute Gasteiger partial charge is 0.433 e. The Morgan fingerprint density at radius 1 is 1.13 bits per heavy atom. The monoisotopic (exact) mass is 427 g/mol. The number of halogens is 4. The second-order valence-corrected chi connectivity index (χ2v) is 8.57. The number of carbonyl (C=O) groups is 1. The van der Waals surface area contributed by atoms with E-state index in [0.717, 1.165) is 25.0 Å². The zero-order chi connectivity index (χ0) is 22.1. The van der Waals surface area contributed by atoms with Crippen molar-refractivity contribution in [2.75, 3.05) is 5.32 Å². The number of amides is 1. The molecule has 0 radical (unpaired) electrons. The van der Waals surface area contributed by atoms with E-state index in [1.165, 1.54) is 12.1 Å². The predicted molar refractivity (Wildman–Crippen MR) is 106 cm³/mol. The fourth-order valence-electron chi connectivity index (χ4n) is 3.61. The molecule has 1 aromatic carbocycles. The van der Waals surface area contributed by atoms with Crippen LogP contribution in [0.15, 0.2) is 24.3 Å². The summed E-state index contributed by atoms with van der Waals surface area (Å²) in [5.74, 6) is -0.555. The molecule has 5 nitrogen and oxygen atoms in total. The molecule has 0 saturated heterocycles. The lowest BCUT2D eigenvalue weighted by atomic mass is 9.90. The Morgan fingerprint density at radius 3 is 2.50 bits per heavy atom. The zero-order valence-corrected chi connectivity index (χ0v) is 17.1. The Hall–Kier alpha value is -2.58. The van der Waals surface area contributed by atoms with Gasteiger partial charge in [0.25, 0.3) is 0 Å². The summed E-state index contributed by atoms with van der Waals surface area (Å²) in [6.07, 6.45) is -2.39. The molecule has 1 heterocycles. The second kappa shape index (κ2) is 8.28. The molecule has 2 atom stereocenters. The highest BCUT2D eigenvalue weighted by atomic mass is 19.4. The first-order valence-electron chi connectivity index (χ1n) is 9.84. The van der Waals surface area contributed by atoms with Gasteiger partial charge in [0.15, 0.2) is 0 Å². The molecular formula is C21H25F4N3O2. The summed E-state index contributed by atoms with van der Waals surface area (Å²) in [5, 5.41) is 6.22. The van der Waals surface area contributed by atoms with E-state index in [0.29, 0.717) is 12.8 Å². The molecular weight excluding hydrogens is 402 g/mol. The van der Waals surface area contributed by atoms with Crippen LogP contribution in [0.3, 0.4) is 0 Å². The summed E-state index contributed by atoms with van der Waals surface area (Å²) in [6.45, 7) is 5.30. The van der Waals surface area contributed by atoms with Gasteiger partial charge < -0.3 is 15.4 Å². The van der Waals surface area contributed by atoms with E-state index in [4.69, 9.17) is 4.74 Å². The van der Waals surface area contributed by atoms with Crippen molar-refractivity contribution < 1.29 is 27.1 Å². The number of alkyl halides is 3. The van der Waals surface area contributed by atoms with Crippen molar-refractivity contribution in [3.63, 3.8) is 0 Å². The standard InChI is InChI=1S/C21H25F4N3O2/c1-20(2,3)30-19(29)27-14-6-4-5-13(10-14)26-17-11-18(21(23,24)25)28-16-8-7-12(22)9-15(16)17/h7-9,11,13-14H,4-6,10H2,1-3H3,(H,26,28)(H,27,29)/t13-,14+/m0/s1. The minimum absolute atomic E-state index is 0.0629. The van der Waals surface area contributed by atoms with Crippen LogP contribution < -0.4 is 10.6 Å². The lowest BCUT2D eigenvalue weighted by Crippen LogP contribution is -2.43. The van der Waals surface area contributed by atoms with Crippen LogP contribution in [0.2, 0.25) is 0 Å². The zero-order valence-electron chi connectivity index (χ0n) is 17.1. The van der Waals surface area contributed by atoms with E-state index in [2.05, 4.69) is 15.6 Å². The topological polar surface area (TPSA) is 63.2 Å². The number of pyridine rings is 1. The number of ether oxygens (including phenoxy) is 1. The molecule has 0 unspecified atom stereocenters. The molecule has 30 heavy (non-hydrogen) atoms. The number of fused-ring (bicyclic) bond motifs is 1. The highest BCUT2D eigenvalue weighted by molar-refractivity contribution is 5.91. The van der Waals surface area contributed by atoms with Crippen LogP contribution in [0.5, 0.6) is 0 Å². The van der Waals surface area contributed by atoms with E-state index in [1.54, 1.807) is 20.8 Å². The molecule has 164 valence electrons. The Bertz CT molecular complexity index is 925. The van der Waals surface area contributed by atoms with Crippen molar-refractivity contribution in [1.82, 2.24) is 10.3 Å². The van der Waals surface area contributed by atoms with Crippen LogP contribution in [-0.4, -0.2) is 28.8 Å². The molecule has 1 aliphatic carbocycles. The molecule has 0 spiro atoms. The van der Waals surface area contributed by atoms with Gasteiger partial charge in [0.05, 0.1) is 5.52 Å². The SMILES string of the molecule is CC(C)(C)OC(=O)N[C@@H]1CCC[C@H](Nc2cc(C(F)(F)F)nc3ccc(F)cc23)C1. The van der Waals surface area contributed by atoms with Crippen LogP contribution >= 0.6 is 0 Å². The molecule has 1 amide bonds. The normalized spacial score (nSPS) is 20.1. The van der Waals surface area contributed by atoms with Crippen molar-refractivity contribution in [3.05, 3.63) is 35.8 Å². The summed E-state index contributed by atoms with van der Waals surface area (Å²) in [5.41, 5.74) is -1.42. The first kappa shape index (κ1) is 22.1. The Kier molecular flexibility index (Phi) is 6.10. The summed E-state index contributed by atoms with van der Waals surface area (Å²) in [7, 11) is 0. The number of carbonyl (C=O) groups excluding carboxylic acids is 1. The van der Waals surface area contributed by atoms with E-state index < -0.39 is 29.4 Å². The van der Waals surface area contributed by atoms with Gasteiger partial charge in [-0.25, -0.2) is 14.2 Å². The van der Waals surface area contributed by atoms with Gasteiger partial charge in [-0.2, -0.15) is 13.2 Å². The van der Waals surface area contributed by atoms with E-state index in [9.17, 15) is 22.4 Å². The van der Waals surface area contributed by atoms with Gasteiger partial charge in [0.2, 0.25) is 0 Å². The Balaban J connectivity index is 1.79. The molecule has 1 saturated carbocycles. The first-order valence-corrected chi connectivity index (χ1v) is 9.84. The average molecular weight is 427 g/mol. The first-order chi connectivity index (χ1) is 13.9. The number of aromatic nitrogens is 1. The predicted octanol–water partition coefficient (Wildman–Crippen LogP) is 5.64. The largest absolute Gasteiger partial charge is 0.444 e. The summed E-state index contributed by atoms with van der Waals surface area (Å²) >= 11 is 0. The van der Waals surface area contributed by atoms with Crippen molar-refractivity contribution >= 4 is 22.7 Å². The number of nitrogens with zero attached hydrogens (tertiary/aromatic N) is 1. The van der Waals surface area contributed by atoms with Gasteiger partial charge in [-0.05, 0) is 70.7 Å². The number of hydrogen-bond acceptors (Lipinski definition) is 4. The van der Waals surface area contributed by atoms with Crippen LogP contribution in [0.4, 0.5) is 28.0 Å². The maximum absolute atomic E-state index is 13.7. The average Bonchev–Trinajstić information content (AvgIpc) is 2.59. The fraction of sp³-hybridized carbons (Fsp3) is 0.524. The minimum Gasteiger partial charge on any atom is -0.444 e. The van der Waals surface area contributed by atoms with Gasteiger partial charge in [-0.1, -0.05) is 0 Å². The molecule has 0 aliphatic heterocycles. The molecule has 1 fully saturated rings. The van der Waals surface area contributed by atoms with Crippen molar-refractivity contribution in [2.45, 2.75) is 70.3 Å². The van der Waals surface area contributed by atoms with Crippen molar-refractivity contribution in [3.8, 4) is 0 Å². The van der Waals surface area contributed by atoms with Crippen molar-refractivity contribution in [2.24, 2.45) is 0 Å². The summed E-state index contributed by atoms with van der Waals surface area (Å²) < 4.78 is 58.8. The lowest BCUT2D eigenvalue weighted by Gasteiger charge is -2.32. The highest BCUT2D eigenvalue weighted by Crippen LogP contribution is 2.34. The van der Waals surface area contributed by atoms with Crippen LogP contribution in [0.1, 0.15) is 52.1 Å². The third kappa shape index (κ3) is 5.73. The van der Waals surface area contributed by atoms with Crippen molar-refractivity contribution in [1.29, 1.82) is 0 Å². The summed E-state index contributed by atoms with van der Waals surface area (Å²) in [4.78, 5) is 15.7. The minimum atomic E-state index is -4.62. The van der Waals surface area contributed by atoms with Crippen LogP contribution in [0, 0.1) is 5.82 Å². The molecule has 9 heteroatoms. The van der Waals surface area contributed by atoms with Gasteiger partial charge in [-0.15, -0.1) is 0 Å². The van der Waals surface area contributed by atoms with E-state index >= 15 is 0 Å². The number of hydrogen-bond donors (Lipinski definition) is 2. The quantitative estimate of drug-likeness (QED) is 0.623. The maximum atomic E-state index is 13.7. The van der Waals surface area contributed by atoms with E-state index in [-0.39, 0.29) is 28.7 Å². The number of benzene rings is 1. The third-order valence-electron chi connectivity index (χ3n) is 4.82. The van der Waals surface area contributed by atoms with Crippen LogP contribution in [-0.2, 0) is 10.9 Å². The van der Waals surface area contributed by atoms with E-state index in [1.807, 2.05) is 0 Å². The maximum Gasteiger partial charge on any atom is 0.433 e. The number of alkyl carbamates (subject to hydrolysis) is 1. The molecule has 1 aromatic heterocycles. The highest BCUT2D eigenvalue weighted by Gasteiger charge is 2.34. The molecule has 0 bridgehead atoms. The fourth-order valence-corrected chi connectivity index (χ4v) is 3.61. The Labute approximate surface area is 172 Å². The van der Waals surface area contributed by atoms with Gasteiger partial charge in [-0.3, -0.25) is 0 Å². The van der Waals surface area contributed by atoms with Gasteiger partial charge in [0.1, 0.15) is 17.1 Å². The number of rotatable bonds is 3. The van der Waals surface area contributed by atoms with Crippen LogP contribution in [0.25, 0.3) is 10.9 Å². The number of anilines is 1. The second-order valence-electron chi connectivity index (χ2n) is 8.57. The molecule has 3 rings (SSSR count). The molecule has 2 aromatic rings. The van der Waals surface area contributed by atoms with Gasteiger partial charge >= 0.3 is 12.3 Å². The third-order valence-corrected chi connectivity index (χ3v) is 4.82.